The molecule has 5 rings (SSSR count). The first-order valence-corrected chi connectivity index (χ1v) is 10.6. The summed E-state index contributed by atoms with van der Waals surface area (Å²) in [4.78, 5) is 17.8. The zero-order valence-electron chi connectivity index (χ0n) is 17.6. The second-order valence-electron chi connectivity index (χ2n) is 7.82. The van der Waals surface area contributed by atoms with Gasteiger partial charge < -0.3 is 16.0 Å². The molecule has 3 N–H and O–H groups in total. The van der Waals surface area contributed by atoms with Crippen LogP contribution in [0, 0.1) is 5.82 Å². The maximum Gasteiger partial charge on any atom is 0.232 e. The van der Waals surface area contributed by atoms with Gasteiger partial charge in [-0.25, -0.2) is 4.39 Å². The normalized spacial score (nSPS) is 14.6. The molecule has 0 spiro atoms. The molecule has 0 atom stereocenters. The second kappa shape index (κ2) is 8.76. The maximum absolute atomic E-state index is 13.2. The molecule has 4 aromatic rings. The van der Waals surface area contributed by atoms with Gasteiger partial charge in [0, 0.05) is 42.9 Å². The van der Waals surface area contributed by atoms with Crippen molar-refractivity contribution in [2.24, 2.45) is 0 Å². The van der Waals surface area contributed by atoms with Crippen LogP contribution in [-0.2, 0) is 6.54 Å². The zero-order chi connectivity index (χ0) is 21.9. The van der Waals surface area contributed by atoms with Crippen LogP contribution in [0.2, 0.25) is 0 Å². The summed E-state index contributed by atoms with van der Waals surface area (Å²) in [5, 5.41) is 5.53. The highest BCUT2D eigenvalue weighted by atomic mass is 19.1. The SMILES string of the molecule is Nc1nc(CN2CCN(c3ccc(F)cc3)CC2)nc(Nc2cccc3ccccc23)n1. The number of halogens is 1. The predicted molar refractivity (Wildman–Crippen MR) is 125 cm³/mol. The van der Waals surface area contributed by atoms with Gasteiger partial charge in [-0.05, 0) is 35.7 Å². The van der Waals surface area contributed by atoms with E-state index in [0.717, 1.165) is 48.3 Å². The first-order chi connectivity index (χ1) is 15.6. The van der Waals surface area contributed by atoms with E-state index in [1.165, 1.54) is 12.1 Å². The molecule has 32 heavy (non-hydrogen) atoms. The van der Waals surface area contributed by atoms with Gasteiger partial charge in [-0.15, -0.1) is 0 Å². The summed E-state index contributed by atoms with van der Waals surface area (Å²) in [6.07, 6.45) is 0. The number of nitrogens with one attached hydrogen (secondary N) is 1. The van der Waals surface area contributed by atoms with Crippen LogP contribution < -0.4 is 16.0 Å². The number of piperazine rings is 1. The van der Waals surface area contributed by atoms with Crippen molar-refractivity contribution >= 4 is 34.0 Å². The minimum Gasteiger partial charge on any atom is -0.369 e. The van der Waals surface area contributed by atoms with Gasteiger partial charge in [-0.2, -0.15) is 15.0 Å². The number of nitrogens with zero attached hydrogens (tertiary/aromatic N) is 5. The van der Waals surface area contributed by atoms with Crippen molar-refractivity contribution in [2.45, 2.75) is 6.54 Å². The van der Waals surface area contributed by atoms with Crippen molar-refractivity contribution in [3.05, 3.63) is 78.4 Å². The van der Waals surface area contributed by atoms with E-state index in [2.05, 4.69) is 48.3 Å². The Bertz CT molecular complexity index is 1220. The Balaban J connectivity index is 1.27. The lowest BCUT2D eigenvalue weighted by Crippen LogP contribution is -2.46. The van der Waals surface area contributed by atoms with Gasteiger partial charge in [0.2, 0.25) is 11.9 Å². The molecule has 0 saturated carbocycles. The number of anilines is 4. The molecular weight excluding hydrogens is 405 g/mol. The fraction of sp³-hybridized carbons (Fsp3) is 0.208. The largest absolute Gasteiger partial charge is 0.369 e. The maximum atomic E-state index is 13.2. The number of benzene rings is 3. The van der Waals surface area contributed by atoms with Gasteiger partial charge in [-0.1, -0.05) is 36.4 Å². The summed E-state index contributed by atoms with van der Waals surface area (Å²) in [5.74, 6) is 1.06. The molecule has 3 aromatic carbocycles. The number of aromatic nitrogens is 3. The molecule has 8 heteroatoms. The molecule has 7 nitrogen and oxygen atoms in total. The predicted octanol–water partition coefficient (Wildman–Crippen LogP) is 3.81. The molecule has 0 bridgehead atoms. The third-order valence-corrected chi connectivity index (χ3v) is 5.66. The van der Waals surface area contributed by atoms with E-state index >= 15 is 0 Å². The molecule has 1 aliphatic heterocycles. The standard InChI is InChI=1S/C24H24FN7/c25-18-8-10-19(11-9-18)32-14-12-31(13-15-32)16-22-28-23(26)30-24(29-22)27-21-7-3-5-17-4-1-2-6-20(17)21/h1-11H,12-16H2,(H3,26,27,28,29,30). The number of fused-ring (bicyclic) bond motifs is 1. The molecule has 0 aliphatic carbocycles. The second-order valence-corrected chi connectivity index (χ2v) is 7.82. The molecule has 1 fully saturated rings. The van der Waals surface area contributed by atoms with Crippen LogP contribution >= 0.6 is 0 Å². The lowest BCUT2D eigenvalue weighted by atomic mass is 10.1. The van der Waals surface area contributed by atoms with E-state index in [1.807, 2.05) is 36.4 Å². The summed E-state index contributed by atoms with van der Waals surface area (Å²) in [5.41, 5.74) is 7.94. The first kappa shape index (κ1) is 20.1. The third kappa shape index (κ3) is 4.45. The molecule has 2 heterocycles. The van der Waals surface area contributed by atoms with E-state index in [0.29, 0.717) is 18.3 Å². The van der Waals surface area contributed by atoms with Gasteiger partial charge in [0.25, 0.3) is 0 Å². The molecule has 1 aliphatic rings. The summed E-state index contributed by atoms with van der Waals surface area (Å²) in [6, 6.07) is 20.9. The Morgan fingerprint density at radius 3 is 2.41 bits per heavy atom. The number of nitrogens with two attached hydrogens (primary N) is 1. The highest BCUT2D eigenvalue weighted by Gasteiger charge is 2.19. The van der Waals surface area contributed by atoms with Crippen LogP contribution in [0.15, 0.2) is 66.7 Å². The van der Waals surface area contributed by atoms with Crippen molar-refractivity contribution in [2.75, 3.05) is 42.1 Å². The Hall–Kier alpha value is -3.78. The Labute approximate surface area is 185 Å². The number of hydrogen-bond donors (Lipinski definition) is 2. The topological polar surface area (TPSA) is 83.2 Å². The fourth-order valence-corrected chi connectivity index (χ4v) is 4.04. The average Bonchev–Trinajstić information content (AvgIpc) is 2.80. The lowest BCUT2D eigenvalue weighted by molar-refractivity contribution is 0.244. The Morgan fingerprint density at radius 1 is 0.844 bits per heavy atom. The molecule has 1 saturated heterocycles. The van der Waals surface area contributed by atoms with Crippen molar-refractivity contribution in [1.82, 2.24) is 19.9 Å². The van der Waals surface area contributed by atoms with Crippen molar-refractivity contribution in [3.8, 4) is 0 Å². The summed E-state index contributed by atoms with van der Waals surface area (Å²) >= 11 is 0. The van der Waals surface area contributed by atoms with E-state index in [9.17, 15) is 4.39 Å². The quantitative estimate of drug-likeness (QED) is 0.499. The van der Waals surface area contributed by atoms with Gasteiger partial charge in [0.05, 0.1) is 6.54 Å². The average molecular weight is 430 g/mol. The molecule has 0 amide bonds. The Morgan fingerprint density at radius 2 is 1.59 bits per heavy atom. The minimum absolute atomic E-state index is 0.197. The van der Waals surface area contributed by atoms with Gasteiger partial charge in [-0.3, -0.25) is 4.90 Å². The summed E-state index contributed by atoms with van der Waals surface area (Å²) in [6.45, 7) is 4.01. The third-order valence-electron chi connectivity index (χ3n) is 5.66. The molecule has 0 radical (unpaired) electrons. The fourth-order valence-electron chi connectivity index (χ4n) is 4.04. The van der Waals surface area contributed by atoms with Crippen LogP contribution in [0.3, 0.4) is 0 Å². The first-order valence-electron chi connectivity index (χ1n) is 10.6. The van der Waals surface area contributed by atoms with E-state index in [4.69, 9.17) is 5.73 Å². The lowest BCUT2D eigenvalue weighted by Gasteiger charge is -2.35. The van der Waals surface area contributed by atoms with Crippen LogP contribution in [-0.4, -0.2) is 46.0 Å². The number of rotatable bonds is 5. The van der Waals surface area contributed by atoms with Crippen LogP contribution in [0.5, 0.6) is 0 Å². The monoisotopic (exact) mass is 429 g/mol. The van der Waals surface area contributed by atoms with Gasteiger partial charge >= 0.3 is 0 Å². The molecular formula is C24H24FN7. The van der Waals surface area contributed by atoms with Crippen LogP contribution in [0.1, 0.15) is 5.82 Å². The van der Waals surface area contributed by atoms with Gasteiger partial charge in [0.1, 0.15) is 11.6 Å². The number of hydrogen-bond acceptors (Lipinski definition) is 7. The van der Waals surface area contributed by atoms with E-state index in [-0.39, 0.29) is 11.8 Å². The Kier molecular flexibility index (Phi) is 5.51. The zero-order valence-corrected chi connectivity index (χ0v) is 17.6. The molecule has 1 aromatic heterocycles. The minimum atomic E-state index is -0.215. The summed E-state index contributed by atoms with van der Waals surface area (Å²) in [7, 11) is 0. The van der Waals surface area contributed by atoms with Gasteiger partial charge in [0.15, 0.2) is 0 Å². The summed E-state index contributed by atoms with van der Waals surface area (Å²) < 4.78 is 13.2. The van der Waals surface area contributed by atoms with Crippen LogP contribution in [0.4, 0.5) is 27.7 Å². The highest BCUT2D eigenvalue weighted by molar-refractivity contribution is 5.94. The van der Waals surface area contributed by atoms with E-state index in [1.54, 1.807) is 0 Å². The van der Waals surface area contributed by atoms with Crippen molar-refractivity contribution in [3.63, 3.8) is 0 Å². The molecule has 162 valence electrons. The number of nitrogen functional groups attached to an aromatic ring is 1. The van der Waals surface area contributed by atoms with E-state index < -0.39 is 0 Å². The smallest absolute Gasteiger partial charge is 0.232 e. The van der Waals surface area contributed by atoms with Crippen LogP contribution in [0.25, 0.3) is 10.8 Å². The molecule has 0 unspecified atom stereocenters. The van der Waals surface area contributed by atoms with Crippen molar-refractivity contribution < 1.29 is 4.39 Å². The highest BCUT2D eigenvalue weighted by Crippen LogP contribution is 2.25. The van der Waals surface area contributed by atoms with Crippen molar-refractivity contribution in [1.29, 1.82) is 0 Å².